The fraction of sp³-hybridized carbons (Fsp3) is 0.154. The molecule has 2 heterocycles. The highest BCUT2D eigenvalue weighted by atomic mass is 19.1. The minimum Gasteiger partial charge on any atom is -0.465 e. The molecule has 0 bridgehead atoms. The van der Waals surface area contributed by atoms with E-state index >= 15 is 0 Å². The van der Waals surface area contributed by atoms with Crippen LogP contribution in [0.2, 0.25) is 0 Å². The first-order valence-electron chi connectivity index (χ1n) is 11.2. The highest BCUT2D eigenvalue weighted by Crippen LogP contribution is 2.21. The Morgan fingerprint density at radius 3 is 2.38 bits per heavy atom. The van der Waals surface area contributed by atoms with Gasteiger partial charge in [-0.25, -0.2) is 14.2 Å². The van der Waals surface area contributed by atoms with Gasteiger partial charge in [-0.15, -0.1) is 10.2 Å². The van der Waals surface area contributed by atoms with Crippen molar-refractivity contribution >= 4 is 29.3 Å². The van der Waals surface area contributed by atoms with E-state index in [4.69, 9.17) is 0 Å². The van der Waals surface area contributed by atoms with E-state index in [1.54, 1.807) is 24.5 Å². The second-order valence-corrected chi connectivity index (χ2v) is 8.24. The number of ether oxygens (including phenoxy) is 1. The summed E-state index contributed by atoms with van der Waals surface area (Å²) >= 11 is 0. The normalized spacial score (nSPS) is 10.7. The molecule has 0 aliphatic carbocycles. The van der Waals surface area contributed by atoms with Crippen LogP contribution in [0.25, 0.3) is 11.5 Å². The average molecular weight is 503 g/mol. The highest BCUT2D eigenvalue weighted by Gasteiger charge is 2.17. The molecule has 4 aromatic rings. The van der Waals surface area contributed by atoms with E-state index in [-0.39, 0.29) is 28.7 Å². The van der Waals surface area contributed by atoms with Crippen molar-refractivity contribution in [1.82, 2.24) is 19.7 Å². The van der Waals surface area contributed by atoms with E-state index in [0.717, 1.165) is 6.07 Å². The molecule has 10 nitrogen and oxygen atoms in total. The number of pyridine rings is 1. The average Bonchev–Trinajstić information content (AvgIpc) is 3.40. The van der Waals surface area contributed by atoms with Crippen LogP contribution >= 0.6 is 0 Å². The molecule has 2 N–H and O–H groups in total. The molecule has 2 aromatic heterocycles. The Morgan fingerprint density at radius 2 is 1.68 bits per heavy atom. The third kappa shape index (κ3) is 5.67. The van der Waals surface area contributed by atoms with Gasteiger partial charge in [-0.1, -0.05) is 6.07 Å². The largest absolute Gasteiger partial charge is 0.465 e. The zero-order chi connectivity index (χ0) is 26.5. The molecule has 0 fully saturated rings. The minimum atomic E-state index is -0.770. The molecule has 0 saturated heterocycles. The van der Waals surface area contributed by atoms with Gasteiger partial charge in [0.1, 0.15) is 23.7 Å². The topological polar surface area (TPSA) is 128 Å². The summed E-state index contributed by atoms with van der Waals surface area (Å²) in [5.74, 6) is -1.82. The summed E-state index contributed by atoms with van der Waals surface area (Å²) in [4.78, 5) is 41.4. The Kier molecular flexibility index (Phi) is 7.33. The molecule has 0 spiro atoms. The third-order valence-electron chi connectivity index (χ3n) is 5.39. The third-order valence-corrected chi connectivity index (χ3v) is 5.39. The summed E-state index contributed by atoms with van der Waals surface area (Å²) in [6.45, 7) is 3.95. The number of carbonyl (C=O) groups is 3. The summed E-state index contributed by atoms with van der Waals surface area (Å²) in [6.07, 6.45) is 1.59. The number of methoxy groups -OCH3 is 1. The van der Waals surface area contributed by atoms with Crippen molar-refractivity contribution in [1.29, 1.82) is 0 Å². The fourth-order valence-corrected chi connectivity index (χ4v) is 3.47. The van der Waals surface area contributed by atoms with Crippen LogP contribution in [0.1, 0.15) is 51.0 Å². The number of esters is 1. The monoisotopic (exact) mass is 502 g/mol. The number of nitrogens with zero attached hydrogens (tertiary/aromatic N) is 4. The molecule has 37 heavy (non-hydrogen) atoms. The molecule has 11 heteroatoms. The van der Waals surface area contributed by atoms with Gasteiger partial charge in [-0.3, -0.25) is 9.59 Å². The number of aromatic nitrogens is 4. The smallest absolute Gasteiger partial charge is 0.337 e. The molecule has 188 valence electrons. The first-order valence-corrected chi connectivity index (χ1v) is 11.2. The lowest BCUT2D eigenvalue weighted by molar-refractivity contribution is 0.0600. The Labute approximate surface area is 211 Å². The van der Waals surface area contributed by atoms with E-state index in [0.29, 0.717) is 17.1 Å². The Morgan fingerprint density at radius 1 is 0.946 bits per heavy atom. The Bertz CT molecular complexity index is 1470. The van der Waals surface area contributed by atoms with E-state index in [2.05, 4.69) is 30.6 Å². The SMILES string of the molecule is COC(=O)c1ccc(C(=O)Nc2ccc(F)c(C(=O)Nc3cccc(-c4nncn4C(C)C)n3)c2)cc1. The molecular weight excluding hydrogens is 479 g/mol. The van der Waals surface area contributed by atoms with Crippen LogP contribution in [0.15, 0.2) is 67.0 Å². The zero-order valence-corrected chi connectivity index (χ0v) is 20.2. The second-order valence-electron chi connectivity index (χ2n) is 8.24. The van der Waals surface area contributed by atoms with E-state index in [1.807, 2.05) is 18.4 Å². The van der Waals surface area contributed by atoms with Crippen molar-refractivity contribution in [3.63, 3.8) is 0 Å². The molecule has 0 aliphatic rings. The lowest BCUT2D eigenvalue weighted by atomic mass is 10.1. The molecular formula is C26H23FN6O4. The van der Waals surface area contributed by atoms with Gasteiger partial charge in [0, 0.05) is 17.3 Å². The second kappa shape index (κ2) is 10.8. The van der Waals surface area contributed by atoms with Crippen molar-refractivity contribution in [3.05, 3.63) is 89.5 Å². The number of carbonyl (C=O) groups excluding carboxylic acids is 3. The summed E-state index contributed by atoms with van der Waals surface area (Å²) in [5.41, 5.74) is 0.973. The molecule has 0 radical (unpaired) electrons. The standard InChI is InChI=1S/C26H23FN6O4/c1-15(2)33-14-28-32-23(33)21-5-4-6-22(30-21)31-25(35)19-13-18(11-12-20(19)27)29-24(34)16-7-9-17(10-8-16)26(36)37-3/h4-15H,1-3H3,(H,29,34)(H,30,31,35). The molecule has 0 atom stereocenters. The molecule has 0 aliphatic heterocycles. The zero-order valence-electron chi connectivity index (χ0n) is 20.2. The van der Waals surface area contributed by atoms with Crippen LogP contribution < -0.4 is 10.6 Å². The lowest BCUT2D eigenvalue weighted by Gasteiger charge is -2.11. The number of rotatable bonds is 7. The maximum Gasteiger partial charge on any atom is 0.337 e. The van der Waals surface area contributed by atoms with E-state index < -0.39 is 23.6 Å². The number of hydrogen-bond acceptors (Lipinski definition) is 7. The van der Waals surface area contributed by atoms with Gasteiger partial charge in [-0.2, -0.15) is 0 Å². The molecule has 2 aromatic carbocycles. The van der Waals surface area contributed by atoms with Gasteiger partial charge in [0.05, 0.1) is 18.2 Å². The van der Waals surface area contributed by atoms with Gasteiger partial charge >= 0.3 is 5.97 Å². The number of benzene rings is 2. The minimum absolute atomic E-state index is 0.0999. The predicted molar refractivity (Wildman–Crippen MR) is 134 cm³/mol. The van der Waals surface area contributed by atoms with Crippen LogP contribution in [0, 0.1) is 5.82 Å². The Balaban J connectivity index is 1.50. The van der Waals surface area contributed by atoms with Crippen LogP contribution in [-0.2, 0) is 4.74 Å². The molecule has 0 unspecified atom stereocenters. The maximum atomic E-state index is 14.5. The van der Waals surface area contributed by atoms with Crippen LogP contribution in [0.3, 0.4) is 0 Å². The van der Waals surface area contributed by atoms with Crippen molar-refractivity contribution in [2.24, 2.45) is 0 Å². The van der Waals surface area contributed by atoms with Crippen LogP contribution in [0.5, 0.6) is 0 Å². The van der Waals surface area contributed by atoms with Crippen molar-refractivity contribution < 1.29 is 23.5 Å². The summed E-state index contributed by atoms with van der Waals surface area (Å²) in [7, 11) is 1.26. The molecule has 0 saturated carbocycles. The number of amides is 2. The number of nitrogens with one attached hydrogen (secondary N) is 2. The number of halogens is 1. The van der Waals surface area contributed by atoms with Gasteiger partial charge in [0.25, 0.3) is 11.8 Å². The fourth-order valence-electron chi connectivity index (χ4n) is 3.47. The van der Waals surface area contributed by atoms with Crippen molar-refractivity contribution in [3.8, 4) is 11.5 Å². The quantitative estimate of drug-likeness (QED) is 0.360. The first-order chi connectivity index (χ1) is 17.8. The van der Waals surface area contributed by atoms with Gasteiger partial charge in [-0.05, 0) is 68.4 Å². The predicted octanol–water partition coefficient (Wildman–Crippen LogP) is 4.35. The van der Waals surface area contributed by atoms with Crippen LogP contribution in [0.4, 0.5) is 15.9 Å². The van der Waals surface area contributed by atoms with Crippen LogP contribution in [-0.4, -0.2) is 44.6 Å². The Hall–Kier alpha value is -4.93. The number of hydrogen-bond donors (Lipinski definition) is 2. The van der Waals surface area contributed by atoms with Gasteiger partial charge < -0.3 is 19.9 Å². The number of anilines is 2. The summed E-state index contributed by atoms with van der Waals surface area (Å²) in [5, 5.41) is 13.2. The van der Waals surface area contributed by atoms with Gasteiger partial charge in [0.15, 0.2) is 5.82 Å². The summed E-state index contributed by atoms with van der Waals surface area (Å²) < 4.78 is 21.0. The molecule has 2 amide bonds. The first kappa shape index (κ1) is 25.2. The van der Waals surface area contributed by atoms with Crippen molar-refractivity contribution in [2.75, 3.05) is 17.7 Å². The molecule has 4 rings (SSSR count). The summed E-state index contributed by atoms with van der Waals surface area (Å²) in [6, 6.07) is 14.6. The van der Waals surface area contributed by atoms with E-state index in [9.17, 15) is 18.8 Å². The maximum absolute atomic E-state index is 14.5. The lowest BCUT2D eigenvalue weighted by Crippen LogP contribution is -2.17. The van der Waals surface area contributed by atoms with E-state index in [1.165, 1.54) is 43.5 Å². The van der Waals surface area contributed by atoms with Crippen molar-refractivity contribution in [2.45, 2.75) is 19.9 Å². The highest BCUT2D eigenvalue weighted by molar-refractivity contribution is 6.07. The van der Waals surface area contributed by atoms with Gasteiger partial charge in [0.2, 0.25) is 0 Å².